The number of unbranched alkanes of at least 4 members (excludes halogenated alkanes) is 1. The van der Waals surface area contributed by atoms with Crippen LogP contribution < -0.4 is 10.6 Å². The van der Waals surface area contributed by atoms with Crippen molar-refractivity contribution >= 4 is 5.91 Å². The zero-order valence-corrected chi connectivity index (χ0v) is 10.6. The van der Waals surface area contributed by atoms with Crippen molar-refractivity contribution in [3.8, 4) is 0 Å². The van der Waals surface area contributed by atoms with Gasteiger partial charge in [-0.05, 0) is 26.7 Å². The highest BCUT2D eigenvalue weighted by molar-refractivity contribution is 5.81. The molecule has 1 amide bonds. The molecule has 0 rings (SSSR count). The molecule has 0 heterocycles. The summed E-state index contributed by atoms with van der Waals surface area (Å²) in [6.07, 6.45) is 4.56. The molecule has 0 aromatic carbocycles. The number of nitrogens with one attached hydrogen (secondary N) is 2. The minimum atomic E-state index is -0.0802. The fourth-order valence-electron chi connectivity index (χ4n) is 1.50. The number of carbonyl (C=O) groups excluding carboxylic acids is 1. The minimum Gasteiger partial charge on any atom is -0.355 e. The minimum absolute atomic E-state index is 0.0802. The average molecular weight is 214 g/mol. The molecule has 0 saturated carbocycles. The zero-order valence-electron chi connectivity index (χ0n) is 10.6. The first kappa shape index (κ1) is 14.4. The van der Waals surface area contributed by atoms with Crippen molar-refractivity contribution in [1.29, 1.82) is 0 Å². The van der Waals surface area contributed by atoms with Gasteiger partial charge in [-0.3, -0.25) is 4.79 Å². The summed E-state index contributed by atoms with van der Waals surface area (Å²) in [6.45, 7) is 9.08. The van der Waals surface area contributed by atoms with Gasteiger partial charge in [0.1, 0.15) is 0 Å². The van der Waals surface area contributed by atoms with Crippen molar-refractivity contribution in [3.05, 3.63) is 0 Å². The molecule has 0 spiro atoms. The van der Waals surface area contributed by atoms with Crippen molar-refractivity contribution in [2.24, 2.45) is 0 Å². The maximum Gasteiger partial charge on any atom is 0.236 e. The summed E-state index contributed by atoms with van der Waals surface area (Å²) in [7, 11) is 0. The lowest BCUT2D eigenvalue weighted by molar-refractivity contribution is -0.122. The van der Waals surface area contributed by atoms with Crippen molar-refractivity contribution < 1.29 is 4.79 Å². The molecule has 2 N–H and O–H groups in total. The van der Waals surface area contributed by atoms with Gasteiger partial charge >= 0.3 is 0 Å². The van der Waals surface area contributed by atoms with Crippen LogP contribution in [-0.2, 0) is 4.79 Å². The summed E-state index contributed by atoms with van der Waals surface area (Å²) in [5, 5.41) is 6.20. The number of rotatable bonds is 8. The van der Waals surface area contributed by atoms with E-state index in [1.165, 1.54) is 12.8 Å². The summed E-state index contributed by atoms with van der Waals surface area (Å²) in [5.74, 6) is 0.111. The van der Waals surface area contributed by atoms with Crippen LogP contribution in [0.25, 0.3) is 0 Å². The van der Waals surface area contributed by atoms with Gasteiger partial charge in [-0.15, -0.1) is 0 Å². The van der Waals surface area contributed by atoms with E-state index in [2.05, 4.69) is 31.4 Å². The average Bonchev–Trinajstić information content (AvgIpc) is 2.22. The smallest absolute Gasteiger partial charge is 0.236 e. The van der Waals surface area contributed by atoms with E-state index in [4.69, 9.17) is 0 Å². The Hall–Kier alpha value is -0.570. The van der Waals surface area contributed by atoms with Gasteiger partial charge in [-0.25, -0.2) is 0 Å². The molecule has 0 aliphatic carbocycles. The van der Waals surface area contributed by atoms with E-state index in [1.54, 1.807) is 0 Å². The highest BCUT2D eigenvalue weighted by Crippen LogP contribution is 2.00. The maximum atomic E-state index is 11.5. The summed E-state index contributed by atoms with van der Waals surface area (Å²) in [5.41, 5.74) is 0. The predicted octanol–water partition coefficient (Wildman–Crippen LogP) is 2.07. The van der Waals surface area contributed by atoms with Gasteiger partial charge in [0.05, 0.1) is 6.04 Å². The Morgan fingerprint density at radius 3 is 2.40 bits per heavy atom. The van der Waals surface area contributed by atoms with E-state index < -0.39 is 0 Å². The molecule has 0 aliphatic rings. The van der Waals surface area contributed by atoms with Crippen molar-refractivity contribution in [3.63, 3.8) is 0 Å². The second-order valence-electron chi connectivity index (χ2n) is 4.22. The molecule has 0 aromatic heterocycles. The Kier molecular flexibility index (Phi) is 8.38. The summed E-state index contributed by atoms with van der Waals surface area (Å²) in [6, 6.07) is 0.343. The highest BCUT2D eigenvalue weighted by atomic mass is 16.2. The van der Waals surface area contributed by atoms with E-state index in [-0.39, 0.29) is 11.9 Å². The second kappa shape index (κ2) is 8.72. The Bertz CT molecular complexity index is 171. The van der Waals surface area contributed by atoms with Crippen LogP contribution in [0.15, 0.2) is 0 Å². The third kappa shape index (κ3) is 7.37. The van der Waals surface area contributed by atoms with E-state index in [9.17, 15) is 4.79 Å². The Morgan fingerprint density at radius 2 is 1.87 bits per heavy atom. The first-order valence-corrected chi connectivity index (χ1v) is 6.15. The maximum absolute atomic E-state index is 11.5. The molecule has 0 aliphatic heterocycles. The van der Waals surface area contributed by atoms with E-state index in [0.29, 0.717) is 6.04 Å². The monoisotopic (exact) mass is 214 g/mol. The highest BCUT2D eigenvalue weighted by Gasteiger charge is 2.13. The van der Waals surface area contributed by atoms with Gasteiger partial charge < -0.3 is 10.6 Å². The fraction of sp³-hybridized carbons (Fsp3) is 0.917. The SMILES string of the molecule is CCCCC(C)NC(C)C(=O)NCCC. The standard InChI is InChI=1S/C12H26N2O/c1-5-7-8-10(3)14-11(4)12(15)13-9-6-2/h10-11,14H,5-9H2,1-4H3,(H,13,15). The summed E-state index contributed by atoms with van der Waals surface area (Å²) >= 11 is 0. The van der Waals surface area contributed by atoms with Crippen LogP contribution in [0.2, 0.25) is 0 Å². The van der Waals surface area contributed by atoms with Crippen LogP contribution in [0.5, 0.6) is 0 Å². The van der Waals surface area contributed by atoms with Gasteiger partial charge in [0.15, 0.2) is 0 Å². The first-order valence-electron chi connectivity index (χ1n) is 6.15. The van der Waals surface area contributed by atoms with Gasteiger partial charge in [0.2, 0.25) is 5.91 Å². The Balaban J connectivity index is 3.69. The third-order valence-corrected chi connectivity index (χ3v) is 2.47. The van der Waals surface area contributed by atoms with Crippen molar-refractivity contribution in [1.82, 2.24) is 10.6 Å². The molecular weight excluding hydrogens is 188 g/mol. The van der Waals surface area contributed by atoms with Crippen molar-refractivity contribution in [2.75, 3.05) is 6.54 Å². The molecule has 0 radical (unpaired) electrons. The molecule has 0 bridgehead atoms. The van der Waals surface area contributed by atoms with Crippen LogP contribution in [0.3, 0.4) is 0 Å². The second-order valence-corrected chi connectivity index (χ2v) is 4.22. The van der Waals surface area contributed by atoms with Gasteiger partial charge in [0.25, 0.3) is 0 Å². The van der Waals surface area contributed by atoms with Crippen LogP contribution in [-0.4, -0.2) is 24.5 Å². The topological polar surface area (TPSA) is 41.1 Å². The molecule has 2 unspecified atom stereocenters. The Labute approximate surface area is 94.0 Å². The van der Waals surface area contributed by atoms with E-state index in [0.717, 1.165) is 19.4 Å². The normalized spacial score (nSPS) is 14.7. The quantitative estimate of drug-likeness (QED) is 0.649. The molecule has 0 saturated heterocycles. The van der Waals surface area contributed by atoms with E-state index >= 15 is 0 Å². The van der Waals surface area contributed by atoms with Crippen LogP contribution in [0, 0.1) is 0 Å². The van der Waals surface area contributed by atoms with Gasteiger partial charge in [0, 0.05) is 12.6 Å². The predicted molar refractivity (Wildman–Crippen MR) is 64.9 cm³/mol. The fourth-order valence-corrected chi connectivity index (χ4v) is 1.50. The lowest BCUT2D eigenvalue weighted by Gasteiger charge is -2.19. The van der Waals surface area contributed by atoms with Crippen LogP contribution >= 0.6 is 0 Å². The molecule has 3 heteroatoms. The van der Waals surface area contributed by atoms with Crippen LogP contribution in [0.4, 0.5) is 0 Å². The zero-order chi connectivity index (χ0) is 11.7. The molecular formula is C12H26N2O. The largest absolute Gasteiger partial charge is 0.355 e. The van der Waals surface area contributed by atoms with Crippen LogP contribution in [0.1, 0.15) is 53.4 Å². The molecule has 2 atom stereocenters. The molecule has 0 aromatic rings. The molecule has 3 nitrogen and oxygen atoms in total. The molecule has 0 fully saturated rings. The first-order chi connectivity index (χ1) is 7.11. The lowest BCUT2D eigenvalue weighted by atomic mass is 10.1. The number of amides is 1. The van der Waals surface area contributed by atoms with Crippen molar-refractivity contribution in [2.45, 2.75) is 65.5 Å². The van der Waals surface area contributed by atoms with Gasteiger partial charge in [-0.2, -0.15) is 0 Å². The number of hydrogen-bond acceptors (Lipinski definition) is 2. The number of hydrogen-bond donors (Lipinski definition) is 2. The lowest BCUT2D eigenvalue weighted by Crippen LogP contribution is -2.45. The Morgan fingerprint density at radius 1 is 1.20 bits per heavy atom. The van der Waals surface area contributed by atoms with Gasteiger partial charge in [-0.1, -0.05) is 26.7 Å². The van der Waals surface area contributed by atoms with E-state index in [1.807, 2.05) is 6.92 Å². The third-order valence-electron chi connectivity index (χ3n) is 2.47. The summed E-state index contributed by atoms with van der Waals surface area (Å²) < 4.78 is 0. The number of carbonyl (C=O) groups is 1. The summed E-state index contributed by atoms with van der Waals surface area (Å²) in [4.78, 5) is 11.5. The molecule has 90 valence electrons. The molecule has 15 heavy (non-hydrogen) atoms.